The van der Waals surface area contributed by atoms with Gasteiger partial charge < -0.3 is 9.63 Å². The van der Waals surface area contributed by atoms with Gasteiger partial charge in [0.05, 0.1) is 17.9 Å². The van der Waals surface area contributed by atoms with Crippen LogP contribution in [0.1, 0.15) is 31.0 Å². The van der Waals surface area contributed by atoms with Crippen LogP contribution in [0.3, 0.4) is 0 Å². The van der Waals surface area contributed by atoms with E-state index in [1.165, 1.54) is 0 Å². The number of aliphatic hydroxyl groups excluding tert-OH is 1. The fourth-order valence-electron chi connectivity index (χ4n) is 2.59. The predicted molar refractivity (Wildman–Crippen MR) is 90.4 cm³/mol. The Balaban J connectivity index is 1.93. The average Bonchev–Trinajstić information content (AvgIpc) is 2.81. The molecular formula is C19H20N2O2. The summed E-state index contributed by atoms with van der Waals surface area (Å²) in [5.74, 6) is 0.682. The van der Waals surface area contributed by atoms with Gasteiger partial charge in [0, 0.05) is 17.2 Å². The van der Waals surface area contributed by atoms with Crippen LogP contribution in [0, 0.1) is 12.3 Å². The van der Waals surface area contributed by atoms with E-state index in [9.17, 15) is 5.11 Å². The van der Waals surface area contributed by atoms with Crippen molar-refractivity contribution in [3.8, 4) is 11.1 Å². The third-order valence-electron chi connectivity index (χ3n) is 3.93. The number of aromatic nitrogens is 2. The second-order valence-corrected chi connectivity index (χ2v) is 6.29. The fourth-order valence-corrected chi connectivity index (χ4v) is 2.59. The smallest absolute Gasteiger partial charge is 0.141 e. The summed E-state index contributed by atoms with van der Waals surface area (Å²) < 4.78 is 5.16. The van der Waals surface area contributed by atoms with Crippen molar-refractivity contribution >= 4 is 5.57 Å². The van der Waals surface area contributed by atoms with Crippen LogP contribution in [0.2, 0.25) is 0 Å². The highest BCUT2D eigenvalue weighted by Gasteiger charge is 2.15. The molecule has 0 saturated heterocycles. The number of aliphatic hydroxyl groups is 1. The first kappa shape index (κ1) is 15.4. The number of allylic oxidation sites excluding steroid dienone is 6. The molecule has 1 N–H and O–H groups in total. The van der Waals surface area contributed by atoms with Crippen LogP contribution < -0.4 is 0 Å². The average molecular weight is 308 g/mol. The van der Waals surface area contributed by atoms with E-state index in [1.807, 2.05) is 19.1 Å². The van der Waals surface area contributed by atoms with Crippen molar-refractivity contribution in [1.82, 2.24) is 10.1 Å². The lowest BCUT2D eigenvalue weighted by Crippen LogP contribution is -2.00. The van der Waals surface area contributed by atoms with Gasteiger partial charge in [-0.3, -0.25) is 4.98 Å². The molecule has 0 spiro atoms. The van der Waals surface area contributed by atoms with Gasteiger partial charge in [-0.15, -0.1) is 0 Å². The molecule has 0 aromatic carbocycles. The molecule has 0 saturated carbocycles. The summed E-state index contributed by atoms with van der Waals surface area (Å²) in [6, 6.07) is 3.96. The van der Waals surface area contributed by atoms with Gasteiger partial charge in [-0.25, -0.2) is 0 Å². The second-order valence-electron chi connectivity index (χ2n) is 6.29. The Morgan fingerprint density at radius 3 is 2.74 bits per heavy atom. The molecule has 0 unspecified atom stereocenters. The monoisotopic (exact) mass is 308 g/mol. The summed E-state index contributed by atoms with van der Waals surface area (Å²) >= 11 is 0. The Hall–Kier alpha value is -2.46. The highest BCUT2D eigenvalue weighted by molar-refractivity contribution is 5.75. The molecule has 1 aliphatic carbocycles. The summed E-state index contributed by atoms with van der Waals surface area (Å²) in [6.07, 6.45) is 12.4. The molecule has 4 heteroatoms. The van der Waals surface area contributed by atoms with E-state index in [4.69, 9.17) is 4.52 Å². The normalized spacial score (nSPS) is 16.3. The summed E-state index contributed by atoms with van der Waals surface area (Å²) in [6.45, 7) is 6.01. The van der Waals surface area contributed by atoms with Crippen molar-refractivity contribution in [2.24, 2.45) is 5.41 Å². The van der Waals surface area contributed by atoms with Gasteiger partial charge in [0.25, 0.3) is 0 Å². The third kappa shape index (κ3) is 3.17. The van der Waals surface area contributed by atoms with Crippen molar-refractivity contribution in [3.63, 3.8) is 0 Å². The summed E-state index contributed by atoms with van der Waals surface area (Å²) in [5, 5.41) is 13.2. The van der Waals surface area contributed by atoms with Gasteiger partial charge in [-0.2, -0.15) is 0 Å². The van der Waals surface area contributed by atoms with Gasteiger partial charge in [0.1, 0.15) is 11.5 Å². The van der Waals surface area contributed by atoms with E-state index in [0.29, 0.717) is 11.5 Å². The molecule has 23 heavy (non-hydrogen) atoms. The van der Waals surface area contributed by atoms with Crippen LogP contribution in [0.25, 0.3) is 16.7 Å². The second kappa shape index (κ2) is 5.97. The number of hydrogen-bond donors (Lipinski definition) is 1. The van der Waals surface area contributed by atoms with Gasteiger partial charge in [0.2, 0.25) is 0 Å². The number of nitrogens with zero attached hydrogens (tertiary/aromatic N) is 2. The Morgan fingerprint density at radius 1 is 1.22 bits per heavy atom. The minimum absolute atomic E-state index is 0.0494. The van der Waals surface area contributed by atoms with Crippen LogP contribution >= 0.6 is 0 Å². The molecule has 0 amide bonds. The summed E-state index contributed by atoms with van der Waals surface area (Å²) in [5.41, 5.74) is 4.28. The Kier molecular flexibility index (Phi) is 4.01. The lowest BCUT2D eigenvalue weighted by molar-refractivity contribution is 0.266. The van der Waals surface area contributed by atoms with Crippen molar-refractivity contribution < 1.29 is 9.63 Å². The Bertz CT molecular complexity index is 793. The van der Waals surface area contributed by atoms with E-state index in [-0.39, 0.29) is 12.0 Å². The number of rotatable bonds is 3. The Labute approximate surface area is 135 Å². The molecule has 4 nitrogen and oxygen atoms in total. The lowest BCUT2D eigenvalue weighted by Gasteiger charge is -2.12. The molecule has 1 aliphatic rings. The van der Waals surface area contributed by atoms with Crippen molar-refractivity contribution in [3.05, 3.63) is 65.9 Å². The van der Waals surface area contributed by atoms with Crippen molar-refractivity contribution in [2.75, 3.05) is 0 Å². The maximum Gasteiger partial charge on any atom is 0.141 e. The van der Waals surface area contributed by atoms with E-state index < -0.39 is 0 Å². The molecule has 118 valence electrons. The van der Waals surface area contributed by atoms with Crippen LogP contribution in [-0.2, 0) is 6.61 Å². The maximum absolute atomic E-state index is 9.36. The number of hydrogen-bond acceptors (Lipinski definition) is 4. The Morgan fingerprint density at radius 2 is 2.04 bits per heavy atom. The molecule has 3 rings (SSSR count). The zero-order valence-electron chi connectivity index (χ0n) is 13.6. The summed E-state index contributed by atoms with van der Waals surface area (Å²) in [4.78, 5) is 4.56. The first-order valence-corrected chi connectivity index (χ1v) is 7.62. The fraction of sp³-hybridized carbons (Fsp3) is 0.263. The maximum atomic E-state index is 9.36. The molecule has 2 aromatic rings. The molecule has 0 aliphatic heterocycles. The zero-order valence-corrected chi connectivity index (χ0v) is 13.6. The van der Waals surface area contributed by atoms with E-state index in [1.54, 1.807) is 6.20 Å². The van der Waals surface area contributed by atoms with Crippen LogP contribution in [0.4, 0.5) is 0 Å². The van der Waals surface area contributed by atoms with E-state index in [0.717, 1.165) is 22.4 Å². The SMILES string of the molecule is Cc1onc(CO)c1-c1ccc(C2=CC=CC(C)(C)C=C2)nc1. The van der Waals surface area contributed by atoms with Gasteiger partial charge in [-0.05, 0) is 18.6 Å². The predicted octanol–water partition coefficient (Wildman–Crippen LogP) is 4.07. The van der Waals surface area contributed by atoms with Crippen LogP contribution in [-0.4, -0.2) is 15.2 Å². The molecule has 2 heterocycles. The van der Waals surface area contributed by atoms with Gasteiger partial charge >= 0.3 is 0 Å². The number of pyridine rings is 1. The molecule has 0 bridgehead atoms. The highest BCUT2D eigenvalue weighted by Crippen LogP contribution is 2.29. The molecule has 0 atom stereocenters. The molecule has 2 aromatic heterocycles. The molecule has 0 fully saturated rings. The van der Waals surface area contributed by atoms with Crippen LogP contribution in [0.5, 0.6) is 0 Å². The zero-order chi connectivity index (χ0) is 16.4. The van der Waals surface area contributed by atoms with Gasteiger partial charge in [0.15, 0.2) is 0 Å². The highest BCUT2D eigenvalue weighted by atomic mass is 16.5. The number of aryl methyl sites for hydroxylation is 1. The standard InChI is InChI=1S/C19H20N2O2/c1-13-18(17(12-22)21-23-13)15-6-7-16(20-11-15)14-5-4-9-19(2,3)10-8-14/h4-11,22H,12H2,1-3H3. The molecule has 0 radical (unpaired) electrons. The first-order chi connectivity index (χ1) is 11.0. The largest absolute Gasteiger partial charge is 0.390 e. The van der Waals surface area contributed by atoms with E-state index >= 15 is 0 Å². The molecular weight excluding hydrogens is 288 g/mol. The van der Waals surface area contributed by atoms with Gasteiger partial charge in [-0.1, -0.05) is 55.5 Å². The quantitative estimate of drug-likeness (QED) is 0.928. The first-order valence-electron chi connectivity index (χ1n) is 7.62. The van der Waals surface area contributed by atoms with E-state index in [2.05, 4.69) is 54.4 Å². The summed E-state index contributed by atoms with van der Waals surface area (Å²) in [7, 11) is 0. The lowest BCUT2D eigenvalue weighted by atomic mass is 9.93. The third-order valence-corrected chi connectivity index (χ3v) is 3.93. The topological polar surface area (TPSA) is 59.2 Å². The van der Waals surface area contributed by atoms with Crippen molar-refractivity contribution in [1.29, 1.82) is 0 Å². The minimum atomic E-state index is -0.151. The minimum Gasteiger partial charge on any atom is -0.390 e. The van der Waals surface area contributed by atoms with Crippen LogP contribution in [0.15, 0.2) is 53.2 Å². The van der Waals surface area contributed by atoms with Crippen molar-refractivity contribution in [2.45, 2.75) is 27.4 Å².